The maximum Gasteiger partial charge on any atom is 0.161 e. The molecular weight excluding hydrogens is 212 g/mol. The molecule has 4 heteroatoms. The molecule has 1 aromatic carbocycles. The number of nitrogens with zero attached hydrogens (tertiary/aromatic N) is 2. The van der Waals surface area contributed by atoms with E-state index < -0.39 is 0 Å². The zero-order valence-electron chi connectivity index (χ0n) is 8.31. The highest BCUT2D eigenvalue weighted by Gasteiger charge is 2.10. The Morgan fingerprint density at radius 1 is 1.33 bits per heavy atom. The van der Waals surface area contributed by atoms with Gasteiger partial charge < -0.3 is 5.11 Å². The van der Waals surface area contributed by atoms with E-state index in [1.165, 1.54) is 6.20 Å². The van der Waals surface area contributed by atoms with Gasteiger partial charge in [0.2, 0.25) is 0 Å². The molecule has 0 spiro atoms. The van der Waals surface area contributed by atoms with Gasteiger partial charge in [-0.3, -0.25) is 4.68 Å². The van der Waals surface area contributed by atoms with Crippen LogP contribution in [0.5, 0.6) is 5.75 Å². The van der Waals surface area contributed by atoms with E-state index in [-0.39, 0.29) is 5.75 Å². The predicted octanol–water partition coefficient (Wildman–Crippen LogP) is 2.93. The van der Waals surface area contributed by atoms with Crippen LogP contribution in [0, 0.1) is 0 Å². The lowest BCUT2D eigenvalue weighted by Gasteiger charge is -2.05. The molecule has 2 aromatic rings. The summed E-state index contributed by atoms with van der Waals surface area (Å²) in [7, 11) is 0. The van der Waals surface area contributed by atoms with E-state index in [4.69, 9.17) is 11.6 Å². The smallest absolute Gasteiger partial charge is 0.161 e. The normalized spacial score (nSPS) is 10.5. The highest BCUT2D eigenvalue weighted by Crippen LogP contribution is 2.29. The maximum atomic E-state index is 9.67. The number of hydrogen-bond acceptors (Lipinski definition) is 2. The van der Waals surface area contributed by atoms with Crippen LogP contribution in [0.2, 0.25) is 5.02 Å². The minimum Gasteiger partial charge on any atom is -0.504 e. The van der Waals surface area contributed by atoms with Gasteiger partial charge in [-0.05, 0) is 19.1 Å². The lowest BCUT2D eigenvalue weighted by atomic mass is 10.1. The van der Waals surface area contributed by atoms with Crippen molar-refractivity contribution in [2.45, 2.75) is 13.5 Å². The molecule has 0 atom stereocenters. The van der Waals surface area contributed by atoms with E-state index in [2.05, 4.69) is 5.10 Å². The zero-order valence-corrected chi connectivity index (χ0v) is 9.07. The van der Waals surface area contributed by atoms with Gasteiger partial charge in [-0.2, -0.15) is 5.10 Å². The number of hydrogen-bond donors (Lipinski definition) is 1. The van der Waals surface area contributed by atoms with Crippen LogP contribution in [-0.4, -0.2) is 14.9 Å². The van der Waals surface area contributed by atoms with E-state index in [0.29, 0.717) is 5.02 Å². The molecular formula is C11H11ClN2O. The lowest BCUT2D eigenvalue weighted by molar-refractivity contribution is 0.476. The lowest BCUT2D eigenvalue weighted by Crippen LogP contribution is -1.98. The van der Waals surface area contributed by atoms with E-state index >= 15 is 0 Å². The number of aryl methyl sites for hydroxylation is 1. The quantitative estimate of drug-likeness (QED) is 0.849. The van der Waals surface area contributed by atoms with Gasteiger partial charge in [0.1, 0.15) is 5.69 Å². The third-order valence-electron chi connectivity index (χ3n) is 2.24. The molecule has 78 valence electrons. The Hall–Kier alpha value is -1.48. The number of aromatic nitrogens is 2. The van der Waals surface area contributed by atoms with Gasteiger partial charge in [-0.1, -0.05) is 23.7 Å². The third-order valence-corrected chi connectivity index (χ3v) is 2.49. The molecule has 0 radical (unpaired) electrons. The molecule has 1 N–H and O–H groups in total. The highest BCUT2D eigenvalue weighted by molar-refractivity contribution is 6.30. The summed E-state index contributed by atoms with van der Waals surface area (Å²) in [5.74, 6) is 0.194. The van der Waals surface area contributed by atoms with Crippen molar-refractivity contribution in [1.29, 1.82) is 0 Å². The Balaban J connectivity index is 2.52. The fraction of sp³-hybridized carbons (Fsp3) is 0.182. The first kappa shape index (κ1) is 10.1. The van der Waals surface area contributed by atoms with Crippen LogP contribution in [0.15, 0.2) is 30.5 Å². The van der Waals surface area contributed by atoms with Crippen molar-refractivity contribution in [3.8, 4) is 17.0 Å². The van der Waals surface area contributed by atoms with E-state index in [1.807, 2.05) is 19.1 Å². The summed E-state index contributed by atoms with van der Waals surface area (Å²) in [6, 6.07) is 7.32. The first-order chi connectivity index (χ1) is 7.22. The summed E-state index contributed by atoms with van der Waals surface area (Å²) in [5, 5.41) is 14.4. The van der Waals surface area contributed by atoms with Crippen molar-refractivity contribution in [3.05, 3.63) is 35.5 Å². The molecule has 3 nitrogen and oxygen atoms in total. The molecule has 1 aromatic heterocycles. The van der Waals surface area contributed by atoms with Crippen LogP contribution < -0.4 is 0 Å². The number of benzene rings is 1. The zero-order chi connectivity index (χ0) is 10.8. The van der Waals surface area contributed by atoms with E-state index in [9.17, 15) is 5.11 Å². The topological polar surface area (TPSA) is 38.0 Å². The summed E-state index contributed by atoms with van der Waals surface area (Å²) in [4.78, 5) is 0. The molecule has 0 aliphatic heterocycles. The third kappa shape index (κ3) is 1.83. The molecule has 0 aliphatic carbocycles. The predicted molar refractivity (Wildman–Crippen MR) is 60.0 cm³/mol. The number of aromatic hydroxyl groups is 1. The molecule has 0 saturated carbocycles. The molecule has 1 heterocycles. The number of rotatable bonds is 2. The van der Waals surface area contributed by atoms with Crippen LogP contribution in [-0.2, 0) is 6.54 Å². The minimum absolute atomic E-state index is 0.194. The molecule has 0 bridgehead atoms. The molecule has 0 saturated heterocycles. The summed E-state index contributed by atoms with van der Waals surface area (Å²) in [5.41, 5.74) is 1.64. The first-order valence-corrected chi connectivity index (χ1v) is 5.11. The van der Waals surface area contributed by atoms with Crippen LogP contribution in [0.3, 0.4) is 0 Å². The SMILES string of the molecule is CCn1ncc(O)c1-c1ccc(Cl)cc1. The fourth-order valence-electron chi connectivity index (χ4n) is 1.52. The van der Waals surface area contributed by atoms with Crippen molar-refractivity contribution in [3.63, 3.8) is 0 Å². The van der Waals surface area contributed by atoms with Gasteiger partial charge in [-0.15, -0.1) is 0 Å². The van der Waals surface area contributed by atoms with Crippen LogP contribution >= 0.6 is 11.6 Å². The van der Waals surface area contributed by atoms with Gasteiger partial charge in [0.05, 0.1) is 6.20 Å². The summed E-state index contributed by atoms with van der Waals surface area (Å²) in [6.07, 6.45) is 1.45. The van der Waals surface area contributed by atoms with Crippen molar-refractivity contribution >= 4 is 11.6 Å². The van der Waals surface area contributed by atoms with E-state index in [0.717, 1.165) is 17.8 Å². The highest BCUT2D eigenvalue weighted by atomic mass is 35.5. The van der Waals surface area contributed by atoms with Gasteiger partial charge in [0.25, 0.3) is 0 Å². The second kappa shape index (κ2) is 3.95. The largest absolute Gasteiger partial charge is 0.504 e. The summed E-state index contributed by atoms with van der Waals surface area (Å²) >= 11 is 5.80. The molecule has 2 rings (SSSR count). The van der Waals surface area contributed by atoms with Crippen LogP contribution in [0.25, 0.3) is 11.3 Å². The Labute approximate surface area is 92.9 Å². The summed E-state index contributed by atoms with van der Waals surface area (Å²) in [6.45, 7) is 2.70. The number of halogens is 1. The molecule has 0 aliphatic rings. The Kier molecular flexibility index (Phi) is 2.64. The molecule has 0 amide bonds. The Morgan fingerprint density at radius 2 is 2.00 bits per heavy atom. The molecule has 0 unspecified atom stereocenters. The van der Waals surface area contributed by atoms with Crippen molar-refractivity contribution in [2.75, 3.05) is 0 Å². The second-order valence-corrected chi connectivity index (χ2v) is 3.64. The van der Waals surface area contributed by atoms with Gasteiger partial charge in [-0.25, -0.2) is 0 Å². The second-order valence-electron chi connectivity index (χ2n) is 3.20. The van der Waals surface area contributed by atoms with Crippen molar-refractivity contribution < 1.29 is 5.11 Å². The maximum absolute atomic E-state index is 9.67. The molecule has 15 heavy (non-hydrogen) atoms. The van der Waals surface area contributed by atoms with Gasteiger partial charge >= 0.3 is 0 Å². The Morgan fingerprint density at radius 3 is 2.60 bits per heavy atom. The molecule has 0 fully saturated rings. The standard InChI is InChI=1S/C11H11ClN2O/c1-2-14-11(10(15)7-13-14)8-3-5-9(12)6-4-8/h3-7,15H,2H2,1H3. The van der Waals surface area contributed by atoms with Crippen LogP contribution in [0.1, 0.15) is 6.92 Å². The fourth-order valence-corrected chi connectivity index (χ4v) is 1.65. The Bertz CT molecular complexity index is 462. The van der Waals surface area contributed by atoms with Crippen LogP contribution in [0.4, 0.5) is 0 Å². The van der Waals surface area contributed by atoms with Gasteiger partial charge in [0.15, 0.2) is 5.75 Å². The summed E-state index contributed by atoms with van der Waals surface area (Å²) < 4.78 is 1.75. The average Bonchev–Trinajstić information content (AvgIpc) is 2.61. The first-order valence-electron chi connectivity index (χ1n) is 4.73. The van der Waals surface area contributed by atoms with Gasteiger partial charge in [0, 0.05) is 17.1 Å². The average molecular weight is 223 g/mol. The van der Waals surface area contributed by atoms with Crippen molar-refractivity contribution in [2.24, 2.45) is 0 Å². The van der Waals surface area contributed by atoms with Crippen molar-refractivity contribution in [1.82, 2.24) is 9.78 Å². The minimum atomic E-state index is 0.194. The monoisotopic (exact) mass is 222 g/mol. The van der Waals surface area contributed by atoms with E-state index in [1.54, 1.807) is 16.8 Å².